The van der Waals surface area contributed by atoms with Crippen LogP contribution >= 0.6 is 0 Å². The van der Waals surface area contributed by atoms with Gasteiger partial charge >= 0.3 is 0 Å². The Balaban J connectivity index is 1.66. The molecule has 1 atom stereocenters. The summed E-state index contributed by atoms with van der Waals surface area (Å²) in [7, 11) is 0. The molecule has 7 nitrogen and oxygen atoms in total. The minimum atomic E-state index is -0.301. The van der Waals surface area contributed by atoms with E-state index in [4.69, 9.17) is 4.74 Å². The van der Waals surface area contributed by atoms with Crippen LogP contribution in [0.3, 0.4) is 0 Å². The summed E-state index contributed by atoms with van der Waals surface area (Å²) in [4.78, 5) is 29.3. The molecule has 2 aromatic rings. The number of aryl methyl sites for hydroxylation is 1. The van der Waals surface area contributed by atoms with E-state index in [9.17, 15) is 9.59 Å². The molecular formula is C21H28N4O3. The van der Waals surface area contributed by atoms with Crippen LogP contribution in [-0.4, -0.2) is 45.2 Å². The molecule has 0 bridgehead atoms. The van der Waals surface area contributed by atoms with Gasteiger partial charge in [-0.2, -0.15) is 0 Å². The summed E-state index contributed by atoms with van der Waals surface area (Å²) < 4.78 is 5.82. The second kappa shape index (κ2) is 9.48. The van der Waals surface area contributed by atoms with Gasteiger partial charge in [-0.15, -0.1) is 10.2 Å². The molecule has 1 aliphatic rings. The predicted molar refractivity (Wildman–Crippen MR) is 107 cm³/mol. The van der Waals surface area contributed by atoms with Gasteiger partial charge < -0.3 is 14.6 Å². The van der Waals surface area contributed by atoms with Crippen LogP contribution < -0.4 is 10.3 Å². The lowest BCUT2D eigenvalue weighted by atomic mass is 10.1. The van der Waals surface area contributed by atoms with E-state index in [1.165, 1.54) is 6.42 Å². The number of nitrogens with zero attached hydrogens (tertiary/aromatic N) is 3. The van der Waals surface area contributed by atoms with Crippen molar-refractivity contribution in [3.8, 4) is 17.1 Å². The van der Waals surface area contributed by atoms with Gasteiger partial charge in [0.15, 0.2) is 5.82 Å². The summed E-state index contributed by atoms with van der Waals surface area (Å²) in [6, 6.07) is 7.43. The molecule has 1 aliphatic heterocycles. The maximum absolute atomic E-state index is 12.4. The molecule has 1 aromatic heterocycles. The monoisotopic (exact) mass is 384 g/mol. The fourth-order valence-corrected chi connectivity index (χ4v) is 3.21. The molecule has 0 spiro atoms. The second-order valence-corrected chi connectivity index (χ2v) is 7.26. The number of hydrogen-bond donors (Lipinski definition) is 1. The Labute approximate surface area is 165 Å². The van der Waals surface area contributed by atoms with Crippen LogP contribution in [0.4, 0.5) is 0 Å². The summed E-state index contributed by atoms with van der Waals surface area (Å²) in [5, 5.41) is 8.23. The first kappa shape index (κ1) is 20.0. The molecule has 2 heterocycles. The molecule has 150 valence electrons. The lowest BCUT2D eigenvalue weighted by molar-refractivity contribution is -0.132. The topological polar surface area (TPSA) is 88.2 Å². The van der Waals surface area contributed by atoms with Crippen molar-refractivity contribution >= 4 is 5.91 Å². The number of nitrogens with one attached hydrogen (secondary N) is 1. The first-order chi connectivity index (χ1) is 13.6. The molecule has 0 aliphatic carbocycles. The van der Waals surface area contributed by atoms with E-state index < -0.39 is 0 Å². The Morgan fingerprint density at radius 3 is 2.75 bits per heavy atom. The summed E-state index contributed by atoms with van der Waals surface area (Å²) >= 11 is 0. The highest BCUT2D eigenvalue weighted by molar-refractivity contribution is 5.76. The minimum Gasteiger partial charge on any atom is -0.491 e. The van der Waals surface area contributed by atoms with Crippen LogP contribution in [0.1, 0.15) is 51.6 Å². The molecular weight excluding hydrogens is 356 g/mol. The van der Waals surface area contributed by atoms with Crippen LogP contribution in [0, 0.1) is 0 Å². The number of hydrogen-bond acceptors (Lipinski definition) is 5. The number of benzene rings is 1. The van der Waals surface area contributed by atoms with Gasteiger partial charge in [0.25, 0.3) is 5.56 Å². The maximum Gasteiger partial charge on any atom is 0.273 e. The molecule has 3 rings (SSSR count). The van der Waals surface area contributed by atoms with Gasteiger partial charge in [0.2, 0.25) is 5.91 Å². The van der Waals surface area contributed by atoms with Crippen molar-refractivity contribution in [1.29, 1.82) is 0 Å². The molecule has 0 saturated carbocycles. The van der Waals surface area contributed by atoms with E-state index in [0.29, 0.717) is 17.9 Å². The number of amides is 1. The Morgan fingerprint density at radius 1 is 1.25 bits per heavy atom. The summed E-state index contributed by atoms with van der Waals surface area (Å²) in [6.07, 6.45) is 4.90. The quantitative estimate of drug-likeness (QED) is 0.793. The largest absolute Gasteiger partial charge is 0.491 e. The second-order valence-electron chi connectivity index (χ2n) is 7.26. The number of carbonyl (C=O) groups excluding carboxylic acids is 1. The van der Waals surface area contributed by atoms with E-state index in [1.807, 2.05) is 36.1 Å². The van der Waals surface area contributed by atoms with Crippen molar-refractivity contribution in [1.82, 2.24) is 20.1 Å². The smallest absolute Gasteiger partial charge is 0.273 e. The Morgan fingerprint density at radius 2 is 2.04 bits per heavy atom. The average Bonchev–Trinajstić information content (AvgIpc) is 2.73. The number of carbonyl (C=O) groups is 1. The fourth-order valence-electron chi connectivity index (χ4n) is 3.21. The van der Waals surface area contributed by atoms with E-state index in [1.54, 1.807) is 0 Å². The maximum atomic E-state index is 12.4. The fraction of sp³-hybridized carbons (Fsp3) is 0.524. The molecule has 7 heteroatoms. The standard InChI is InChI=1S/C21H28N4O3/c1-3-15(2)28-17-9-7-8-16(14-17)20-22-21(27)18(23-24-20)10-11-19(26)25-12-5-4-6-13-25/h7-9,14-15H,3-6,10-13H2,1-2H3,(H,22,24,27). The highest BCUT2D eigenvalue weighted by Gasteiger charge is 2.17. The number of piperidine rings is 1. The predicted octanol–water partition coefficient (Wildman–Crippen LogP) is 2.95. The number of ether oxygens (including phenoxy) is 1. The highest BCUT2D eigenvalue weighted by Crippen LogP contribution is 2.21. The van der Waals surface area contributed by atoms with Crippen molar-refractivity contribution in [3.05, 3.63) is 40.3 Å². The summed E-state index contributed by atoms with van der Waals surface area (Å²) in [6.45, 7) is 5.70. The number of aromatic nitrogens is 3. The summed E-state index contributed by atoms with van der Waals surface area (Å²) in [5.41, 5.74) is 0.729. The van der Waals surface area contributed by atoms with Gasteiger partial charge in [-0.3, -0.25) is 9.59 Å². The third-order valence-corrected chi connectivity index (χ3v) is 5.07. The SMILES string of the molecule is CCC(C)Oc1cccc(-c2nnc(CCC(=O)N3CCCCC3)c(=O)[nH]2)c1. The van der Waals surface area contributed by atoms with E-state index >= 15 is 0 Å². The third-order valence-electron chi connectivity index (χ3n) is 5.07. The van der Waals surface area contributed by atoms with E-state index in [2.05, 4.69) is 22.1 Å². The molecule has 1 saturated heterocycles. The van der Waals surface area contributed by atoms with Gasteiger partial charge in [0, 0.05) is 31.5 Å². The zero-order valence-corrected chi connectivity index (χ0v) is 16.6. The molecule has 1 unspecified atom stereocenters. The van der Waals surface area contributed by atoms with Crippen molar-refractivity contribution in [2.24, 2.45) is 0 Å². The summed E-state index contributed by atoms with van der Waals surface area (Å²) in [5.74, 6) is 1.20. The number of likely N-dealkylation sites (tertiary alicyclic amines) is 1. The van der Waals surface area contributed by atoms with Crippen molar-refractivity contribution in [2.45, 2.75) is 58.5 Å². The Kier molecular flexibility index (Phi) is 6.79. The lowest BCUT2D eigenvalue weighted by Gasteiger charge is -2.26. The van der Waals surface area contributed by atoms with Crippen molar-refractivity contribution < 1.29 is 9.53 Å². The zero-order valence-electron chi connectivity index (χ0n) is 16.6. The number of aromatic amines is 1. The van der Waals surface area contributed by atoms with Gasteiger partial charge in [-0.1, -0.05) is 19.1 Å². The first-order valence-electron chi connectivity index (χ1n) is 10.1. The zero-order chi connectivity index (χ0) is 19.9. The molecule has 0 radical (unpaired) electrons. The minimum absolute atomic E-state index is 0.0832. The van der Waals surface area contributed by atoms with Crippen LogP contribution in [0.25, 0.3) is 11.4 Å². The molecule has 1 amide bonds. The normalized spacial score (nSPS) is 15.3. The van der Waals surface area contributed by atoms with Gasteiger partial charge in [-0.05, 0) is 44.7 Å². The highest BCUT2D eigenvalue weighted by atomic mass is 16.5. The molecule has 28 heavy (non-hydrogen) atoms. The van der Waals surface area contributed by atoms with Crippen LogP contribution in [0.2, 0.25) is 0 Å². The van der Waals surface area contributed by atoms with Crippen LogP contribution in [-0.2, 0) is 11.2 Å². The lowest BCUT2D eigenvalue weighted by Crippen LogP contribution is -2.36. The van der Waals surface area contributed by atoms with Crippen molar-refractivity contribution in [3.63, 3.8) is 0 Å². The molecule has 1 fully saturated rings. The van der Waals surface area contributed by atoms with Crippen molar-refractivity contribution in [2.75, 3.05) is 13.1 Å². The Hall–Kier alpha value is -2.70. The van der Waals surface area contributed by atoms with Gasteiger partial charge in [-0.25, -0.2) is 0 Å². The molecule has 1 aromatic carbocycles. The van der Waals surface area contributed by atoms with E-state index in [0.717, 1.165) is 43.7 Å². The van der Waals surface area contributed by atoms with Gasteiger partial charge in [0.05, 0.1) is 6.10 Å². The first-order valence-corrected chi connectivity index (χ1v) is 10.1. The van der Waals surface area contributed by atoms with E-state index in [-0.39, 0.29) is 24.0 Å². The number of rotatable bonds is 7. The van der Waals surface area contributed by atoms with Crippen LogP contribution in [0.15, 0.2) is 29.1 Å². The third kappa shape index (κ3) is 5.18. The van der Waals surface area contributed by atoms with Crippen LogP contribution in [0.5, 0.6) is 5.75 Å². The Bertz CT molecular complexity index is 859. The van der Waals surface area contributed by atoms with Gasteiger partial charge in [0.1, 0.15) is 11.4 Å². The average molecular weight is 384 g/mol. The molecule has 1 N–H and O–H groups in total. The number of H-pyrrole nitrogens is 1.